The fraction of sp³-hybridized carbons (Fsp3) is 1.00. The molecule has 0 aromatic heterocycles. The first-order chi connectivity index (χ1) is 12.4. The minimum Gasteiger partial charge on any atom is -0.421 e. The Morgan fingerprint density at radius 2 is 1.04 bits per heavy atom. The summed E-state index contributed by atoms with van der Waals surface area (Å²) in [4.78, 5) is 0. The zero-order chi connectivity index (χ0) is 22.9. The van der Waals surface area contributed by atoms with E-state index in [4.69, 9.17) is 0 Å². The fourth-order valence-corrected chi connectivity index (χ4v) is 3.94. The largest absolute Gasteiger partial charge is 0.480 e. The Hall–Kier alpha value is -0.600. The molecule has 0 fully saturated rings. The Kier molecular flexibility index (Phi) is 12.2. The molecule has 0 saturated heterocycles. The smallest absolute Gasteiger partial charge is 0.421 e. The number of hydrogen-bond acceptors (Lipinski definition) is 4. The molecular formula is C14H28F6N2O4S2. The van der Waals surface area contributed by atoms with E-state index in [2.05, 4.69) is 27.7 Å². The van der Waals surface area contributed by atoms with Gasteiger partial charge < -0.3 is 8.61 Å². The SMILES string of the molecule is CCCCCC[N+](CC)(CC)CC.O=S(=O)([N-]S(=O)(=O)C(F)(F)F)C(F)(F)F. The lowest BCUT2D eigenvalue weighted by molar-refractivity contribution is -0.923. The van der Waals surface area contributed by atoms with Gasteiger partial charge in [0.2, 0.25) is 0 Å². The van der Waals surface area contributed by atoms with E-state index in [-0.39, 0.29) is 0 Å². The second-order valence-corrected chi connectivity index (χ2v) is 9.41. The van der Waals surface area contributed by atoms with Gasteiger partial charge in [-0.3, -0.25) is 0 Å². The number of rotatable bonds is 10. The first-order valence-corrected chi connectivity index (χ1v) is 11.5. The van der Waals surface area contributed by atoms with Crippen LogP contribution < -0.4 is 0 Å². The minimum absolute atomic E-state index is 0.778. The van der Waals surface area contributed by atoms with Crippen LogP contribution in [-0.4, -0.2) is 58.5 Å². The zero-order valence-corrected chi connectivity index (χ0v) is 17.9. The predicted molar refractivity (Wildman–Crippen MR) is 94.2 cm³/mol. The van der Waals surface area contributed by atoms with Gasteiger partial charge in [-0.2, -0.15) is 26.3 Å². The van der Waals surface area contributed by atoms with E-state index >= 15 is 0 Å². The Bertz CT molecular complexity index is 591. The molecule has 0 amide bonds. The highest BCUT2D eigenvalue weighted by atomic mass is 32.3. The predicted octanol–water partition coefficient (Wildman–Crippen LogP) is 4.50. The summed E-state index contributed by atoms with van der Waals surface area (Å²) in [5.74, 6) is 0. The topological polar surface area (TPSA) is 82.4 Å². The van der Waals surface area contributed by atoms with Crippen molar-refractivity contribution in [2.24, 2.45) is 0 Å². The molecule has 6 nitrogen and oxygen atoms in total. The third-order valence-electron chi connectivity index (χ3n) is 4.28. The van der Waals surface area contributed by atoms with Crippen LogP contribution >= 0.6 is 0 Å². The van der Waals surface area contributed by atoms with Gasteiger partial charge >= 0.3 is 11.0 Å². The van der Waals surface area contributed by atoms with Crippen LogP contribution in [0.25, 0.3) is 4.13 Å². The fourth-order valence-electron chi connectivity index (χ4n) is 2.23. The Labute approximate surface area is 163 Å². The lowest BCUT2D eigenvalue weighted by Gasteiger charge is -2.35. The molecule has 0 spiro atoms. The lowest BCUT2D eigenvalue weighted by atomic mass is 10.2. The van der Waals surface area contributed by atoms with Gasteiger partial charge in [0.1, 0.15) is 0 Å². The summed E-state index contributed by atoms with van der Waals surface area (Å²) >= 11 is 0. The van der Waals surface area contributed by atoms with E-state index < -0.39 is 31.1 Å². The summed E-state index contributed by atoms with van der Waals surface area (Å²) in [7, 11) is -13.4. The molecule has 0 saturated carbocycles. The van der Waals surface area contributed by atoms with Gasteiger partial charge in [0, 0.05) is 0 Å². The van der Waals surface area contributed by atoms with E-state index in [1.165, 1.54) is 56.3 Å². The molecular weight excluding hydrogens is 438 g/mol. The van der Waals surface area contributed by atoms with Crippen LogP contribution in [0.3, 0.4) is 0 Å². The molecule has 0 aliphatic rings. The highest BCUT2D eigenvalue weighted by molar-refractivity contribution is 8.13. The van der Waals surface area contributed by atoms with Crippen LogP contribution in [0.15, 0.2) is 0 Å². The highest BCUT2D eigenvalue weighted by Gasteiger charge is 2.46. The number of unbranched alkanes of at least 4 members (excludes halogenated alkanes) is 3. The van der Waals surface area contributed by atoms with Crippen LogP contribution in [0, 0.1) is 0 Å². The summed E-state index contributed by atoms with van der Waals surface area (Å²) in [5, 5.41) is 0. The van der Waals surface area contributed by atoms with Crippen molar-refractivity contribution >= 4 is 20.0 Å². The van der Waals surface area contributed by atoms with Crippen molar-refractivity contribution in [3.05, 3.63) is 4.13 Å². The van der Waals surface area contributed by atoms with Crippen LogP contribution in [0.4, 0.5) is 26.3 Å². The van der Waals surface area contributed by atoms with Gasteiger partial charge in [-0.25, -0.2) is 16.8 Å². The summed E-state index contributed by atoms with van der Waals surface area (Å²) < 4.78 is 111. The summed E-state index contributed by atoms with van der Waals surface area (Å²) in [6.07, 6.45) is 5.61. The molecule has 0 unspecified atom stereocenters. The average Bonchev–Trinajstić information content (AvgIpc) is 2.53. The Morgan fingerprint density at radius 1 is 0.679 bits per heavy atom. The number of quaternary nitrogens is 1. The van der Waals surface area contributed by atoms with Crippen LogP contribution in [0.1, 0.15) is 53.4 Å². The Morgan fingerprint density at radius 3 is 1.29 bits per heavy atom. The number of hydrogen-bond donors (Lipinski definition) is 0. The second kappa shape index (κ2) is 11.6. The van der Waals surface area contributed by atoms with Crippen molar-refractivity contribution < 1.29 is 47.7 Å². The van der Waals surface area contributed by atoms with Crippen LogP contribution in [0.2, 0.25) is 0 Å². The molecule has 28 heavy (non-hydrogen) atoms. The number of alkyl halides is 6. The van der Waals surface area contributed by atoms with Gasteiger partial charge in [0.05, 0.1) is 26.2 Å². The van der Waals surface area contributed by atoms with E-state index in [0.29, 0.717) is 0 Å². The van der Waals surface area contributed by atoms with Gasteiger partial charge in [0.15, 0.2) is 20.0 Å². The quantitative estimate of drug-likeness (QED) is 0.270. The minimum atomic E-state index is -6.72. The number of sulfonamides is 2. The van der Waals surface area contributed by atoms with Crippen molar-refractivity contribution in [3.63, 3.8) is 0 Å². The van der Waals surface area contributed by atoms with E-state index in [1.54, 1.807) is 0 Å². The molecule has 0 atom stereocenters. The molecule has 0 aromatic rings. The molecule has 0 bridgehead atoms. The van der Waals surface area contributed by atoms with E-state index in [1.807, 2.05) is 0 Å². The van der Waals surface area contributed by atoms with E-state index in [9.17, 15) is 43.2 Å². The van der Waals surface area contributed by atoms with Crippen molar-refractivity contribution in [2.75, 3.05) is 26.2 Å². The van der Waals surface area contributed by atoms with E-state index in [0.717, 1.165) is 4.13 Å². The summed E-state index contributed by atoms with van der Waals surface area (Å²) in [6.45, 7) is 14.6. The highest BCUT2D eigenvalue weighted by Crippen LogP contribution is 2.36. The molecule has 0 rings (SSSR count). The normalized spacial score (nSPS) is 13.8. The maximum Gasteiger partial charge on any atom is 0.480 e. The molecule has 0 N–H and O–H groups in total. The number of halogens is 6. The number of nitrogens with zero attached hydrogens (tertiary/aromatic N) is 2. The van der Waals surface area contributed by atoms with Gasteiger partial charge in [-0.1, -0.05) is 19.8 Å². The lowest BCUT2D eigenvalue weighted by Crippen LogP contribution is -2.48. The Balaban J connectivity index is 0. The third kappa shape index (κ3) is 9.74. The van der Waals surface area contributed by atoms with Crippen molar-refractivity contribution in [1.29, 1.82) is 0 Å². The monoisotopic (exact) mass is 466 g/mol. The summed E-state index contributed by atoms with van der Waals surface area (Å²) in [5.41, 5.74) is -12.4. The van der Waals surface area contributed by atoms with Crippen LogP contribution in [-0.2, 0) is 20.0 Å². The van der Waals surface area contributed by atoms with Gasteiger partial charge in [-0.15, -0.1) is 0 Å². The molecule has 14 heteroatoms. The second-order valence-electron chi connectivity index (χ2n) is 5.99. The zero-order valence-electron chi connectivity index (χ0n) is 16.3. The standard InChI is InChI=1S/C12H28N.C2F6NO4S2/c1-5-9-10-11-12-13(6-2,7-3)8-4;3-1(4,5)14(10,11)9-15(12,13)2(6,7)8/h5-12H2,1-4H3;/q+1;-1. The maximum absolute atomic E-state index is 11.4. The molecule has 172 valence electrons. The van der Waals surface area contributed by atoms with Crippen LogP contribution in [0.5, 0.6) is 0 Å². The third-order valence-corrected chi connectivity index (χ3v) is 7.02. The molecule has 0 radical (unpaired) electrons. The average molecular weight is 467 g/mol. The van der Waals surface area contributed by atoms with Crippen molar-refractivity contribution in [3.8, 4) is 0 Å². The molecule has 0 aromatic carbocycles. The van der Waals surface area contributed by atoms with Gasteiger partial charge in [0.25, 0.3) is 0 Å². The first-order valence-electron chi connectivity index (χ1n) is 8.67. The first kappa shape index (κ1) is 29.6. The summed E-state index contributed by atoms with van der Waals surface area (Å²) in [6, 6.07) is 0. The van der Waals surface area contributed by atoms with Crippen molar-refractivity contribution in [1.82, 2.24) is 0 Å². The molecule has 0 heterocycles. The molecule has 0 aliphatic heterocycles. The maximum atomic E-state index is 11.4. The molecule has 0 aliphatic carbocycles. The van der Waals surface area contributed by atoms with Gasteiger partial charge in [-0.05, 0) is 33.6 Å². The van der Waals surface area contributed by atoms with Crippen molar-refractivity contribution in [2.45, 2.75) is 64.4 Å².